The van der Waals surface area contributed by atoms with Crippen LogP contribution in [-0.2, 0) is 29.2 Å². The van der Waals surface area contributed by atoms with Crippen molar-refractivity contribution in [1.29, 1.82) is 0 Å². The maximum absolute atomic E-state index is 13.7. The molecule has 1 aliphatic rings. The third-order valence-corrected chi connectivity index (χ3v) is 6.99. The molecular formula is C33H34FNO3. The smallest absolute Gasteiger partial charge is 0.132 e. The van der Waals surface area contributed by atoms with Crippen LogP contribution in [0.5, 0.6) is 5.75 Å². The van der Waals surface area contributed by atoms with Gasteiger partial charge in [-0.25, -0.2) is 4.39 Å². The minimum atomic E-state index is -0.618. The first-order valence-corrected chi connectivity index (χ1v) is 13.0. The Morgan fingerprint density at radius 2 is 1.58 bits per heavy atom. The van der Waals surface area contributed by atoms with Gasteiger partial charge in [0.15, 0.2) is 0 Å². The number of hydrogen-bond donors (Lipinski definition) is 1. The number of anilines is 1. The van der Waals surface area contributed by atoms with Crippen LogP contribution in [-0.4, -0.2) is 11.7 Å². The molecule has 0 bridgehead atoms. The second-order valence-electron chi connectivity index (χ2n) is 10.3. The van der Waals surface area contributed by atoms with Gasteiger partial charge in [-0.3, -0.25) is 0 Å². The van der Waals surface area contributed by atoms with Gasteiger partial charge in [0.05, 0.1) is 13.2 Å². The van der Waals surface area contributed by atoms with Crippen molar-refractivity contribution < 1.29 is 18.6 Å². The monoisotopic (exact) mass is 511 g/mol. The van der Waals surface area contributed by atoms with Gasteiger partial charge in [0.1, 0.15) is 29.4 Å². The van der Waals surface area contributed by atoms with Crippen LogP contribution in [0.3, 0.4) is 0 Å². The van der Waals surface area contributed by atoms with Crippen LogP contribution >= 0.6 is 0 Å². The number of benzene rings is 4. The van der Waals surface area contributed by atoms with Crippen molar-refractivity contribution in [1.82, 2.24) is 0 Å². The van der Waals surface area contributed by atoms with Gasteiger partial charge in [0.2, 0.25) is 0 Å². The van der Waals surface area contributed by atoms with E-state index in [1.165, 1.54) is 17.7 Å². The lowest BCUT2D eigenvalue weighted by Gasteiger charge is -2.44. The topological polar surface area (TPSA) is 39.7 Å². The zero-order chi connectivity index (χ0) is 26.5. The summed E-state index contributed by atoms with van der Waals surface area (Å²) in [7, 11) is 0. The number of hydrogen-bond acceptors (Lipinski definition) is 4. The van der Waals surface area contributed by atoms with Crippen LogP contribution < -0.4 is 10.1 Å². The molecule has 1 aliphatic heterocycles. The summed E-state index contributed by atoms with van der Waals surface area (Å²) in [4.78, 5) is 0. The summed E-state index contributed by atoms with van der Waals surface area (Å²) in [6.07, 6.45) is -0.703. The Kier molecular flexibility index (Phi) is 7.77. The summed E-state index contributed by atoms with van der Waals surface area (Å²) < 4.78 is 33.3. The number of halogens is 1. The molecule has 5 rings (SSSR count). The van der Waals surface area contributed by atoms with E-state index in [1.54, 1.807) is 6.07 Å². The van der Waals surface area contributed by atoms with Crippen molar-refractivity contribution in [3.8, 4) is 5.75 Å². The van der Waals surface area contributed by atoms with Crippen molar-refractivity contribution in [3.63, 3.8) is 0 Å². The maximum Gasteiger partial charge on any atom is 0.132 e. The zero-order valence-electron chi connectivity index (χ0n) is 22.1. The third kappa shape index (κ3) is 6.07. The zero-order valence-corrected chi connectivity index (χ0v) is 22.1. The Labute approximate surface area is 224 Å². The van der Waals surface area contributed by atoms with Gasteiger partial charge in [-0.15, -0.1) is 0 Å². The van der Waals surface area contributed by atoms with E-state index in [9.17, 15) is 4.39 Å². The lowest BCUT2D eigenvalue weighted by Crippen LogP contribution is -2.51. The van der Waals surface area contributed by atoms with Gasteiger partial charge < -0.3 is 19.5 Å². The molecule has 0 radical (unpaired) electrons. The van der Waals surface area contributed by atoms with Gasteiger partial charge in [-0.2, -0.15) is 0 Å². The highest BCUT2D eigenvalue weighted by molar-refractivity contribution is 5.54. The van der Waals surface area contributed by atoms with E-state index in [1.807, 2.05) is 62.4 Å². The van der Waals surface area contributed by atoms with Crippen molar-refractivity contribution in [3.05, 3.63) is 131 Å². The molecule has 1 N–H and O–H groups in total. The molecule has 0 saturated heterocycles. The fourth-order valence-electron chi connectivity index (χ4n) is 4.87. The van der Waals surface area contributed by atoms with Crippen molar-refractivity contribution >= 4 is 5.69 Å². The molecule has 0 fully saturated rings. The predicted octanol–water partition coefficient (Wildman–Crippen LogP) is 7.76. The summed E-state index contributed by atoms with van der Waals surface area (Å²) >= 11 is 0. The third-order valence-electron chi connectivity index (χ3n) is 6.99. The molecule has 4 aromatic rings. The van der Waals surface area contributed by atoms with E-state index in [-0.39, 0.29) is 18.0 Å². The minimum absolute atomic E-state index is 0.242. The van der Waals surface area contributed by atoms with Gasteiger partial charge in [-0.1, -0.05) is 66.7 Å². The molecule has 4 nitrogen and oxygen atoms in total. The van der Waals surface area contributed by atoms with E-state index in [2.05, 4.69) is 42.6 Å². The van der Waals surface area contributed by atoms with E-state index in [4.69, 9.17) is 14.2 Å². The highest BCUT2D eigenvalue weighted by Crippen LogP contribution is 2.45. The molecule has 4 aromatic carbocycles. The normalized spacial score (nSPS) is 17.9. The first-order valence-electron chi connectivity index (χ1n) is 13.0. The second kappa shape index (κ2) is 11.4. The fraction of sp³-hybridized carbons (Fsp3) is 0.273. The Balaban J connectivity index is 1.43. The highest BCUT2D eigenvalue weighted by atomic mass is 19.1. The van der Waals surface area contributed by atoms with E-state index >= 15 is 0 Å². The highest BCUT2D eigenvalue weighted by Gasteiger charge is 2.45. The van der Waals surface area contributed by atoms with Crippen LogP contribution in [0, 0.1) is 12.7 Å². The number of nitrogens with one attached hydrogen (secondary N) is 1. The van der Waals surface area contributed by atoms with E-state index in [0.717, 1.165) is 33.7 Å². The van der Waals surface area contributed by atoms with Gasteiger partial charge >= 0.3 is 0 Å². The van der Waals surface area contributed by atoms with Crippen molar-refractivity contribution in [2.75, 3.05) is 5.32 Å². The predicted molar refractivity (Wildman–Crippen MR) is 149 cm³/mol. The summed E-state index contributed by atoms with van der Waals surface area (Å²) in [5.41, 5.74) is 5.51. The first-order chi connectivity index (χ1) is 18.4. The molecular weight excluding hydrogens is 477 g/mol. The average molecular weight is 512 g/mol. The van der Waals surface area contributed by atoms with Gasteiger partial charge in [0.25, 0.3) is 0 Å². The summed E-state index contributed by atoms with van der Waals surface area (Å²) in [5.74, 6) is 0.536. The molecule has 0 amide bonds. The molecule has 1 heterocycles. The average Bonchev–Trinajstić information content (AvgIpc) is 2.91. The SMILES string of the molecule is Cc1ccccc1COC1C(OCc2ccccc2)c2cc(NCc3cccc(F)c3)ccc2OC1(C)C. The molecule has 0 spiro atoms. The quantitative estimate of drug-likeness (QED) is 0.249. The number of aryl methyl sites for hydroxylation is 1. The summed E-state index contributed by atoms with van der Waals surface area (Å²) in [6.45, 7) is 7.61. The van der Waals surface area contributed by atoms with Crippen LogP contribution in [0.2, 0.25) is 0 Å². The summed E-state index contributed by atoms with van der Waals surface area (Å²) in [5, 5.41) is 3.41. The molecule has 5 heteroatoms. The van der Waals surface area contributed by atoms with Crippen LogP contribution in [0.1, 0.15) is 47.8 Å². The minimum Gasteiger partial charge on any atom is -0.485 e. The maximum atomic E-state index is 13.7. The van der Waals surface area contributed by atoms with Crippen LogP contribution in [0.4, 0.5) is 10.1 Å². The van der Waals surface area contributed by atoms with Gasteiger partial charge in [-0.05, 0) is 73.4 Å². The molecule has 2 atom stereocenters. The Bertz CT molecular complexity index is 1370. The number of fused-ring (bicyclic) bond motifs is 1. The molecule has 2 unspecified atom stereocenters. The second-order valence-corrected chi connectivity index (χ2v) is 10.3. The number of ether oxygens (including phenoxy) is 3. The number of rotatable bonds is 9. The Morgan fingerprint density at radius 1 is 0.816 bits per heavy atom. The largest absolute Gasteiger partial charge is 0.485 e. The summed E-state index contributed by atoms with van der Waals surface area (Å²) in [6, 6.07) is 31.0. The van der Waals surface area contributed by atoms with Crippen LogP contribution in [0.25, 0.3) is 0 Å². The molecule has 196 valence electrons. The Morgan fingerprint density at radius 3 is 2.37 bits per heavy atom. The van der Waals surface area contributed by atoms with Crippen molar-refractivity contribution in [2.45, 2.75) is 58.3 Å². The fourth-order valence-corrected chi connectivity index (χ4v) is 4.87. The molecule has 0 saturated carbocycles. The lowest BCUT2D eigenvalue weighted by molar-refractivity contribution is -0.170. The van der Waals surface area contributed by atoms with Crippen molar-refractivity contribution in [2.24, 2.45) is 0 Å². The van der Waals surface area contributed by atoms with E-state index < -0.39 is 5.60 Å². The first kappa shape index (κ1) is 26.0. The Hall–Kier alpha value is -3.67. The standard InChI is InChI=1S/C33H34FNO3/c1-23-10-7-8-14-26(23)22-37-32-31(36-21-24-11-5-4-6-12-24)29-19-28(16-17-30(29)38-33(32,2)3)35-20-25-13-9-15-27(34)18-25/h4-19,31-32,35H,20-22H2,1-3H3. The van der Waals surface area contributed by atoms with E-state index in [0.29, 0.717) is 19.8 Å². The van der Waals surface area contributed by atoms with Crippen LogP contribution in [0.15, 0.2) is 97.1 Å². The molecule has 0 aliphatic carbocycles. The molecule has 38 heavy (non-hydrogen) atoms. The molecule has 0 aromatic heterocycles. The lowest BCUT2D eigenvalue weighted by atomic mass is 9.87. The van der Waals surface area contributed by atoms with Gasteiger partial charge in [0, 0.05) is 17.8 Å².